The number of carbonyl (C=O) groups is 1. The summed E-state index contributed by atoms with van der Waals surface area (Å²) in [4.78, 5) is 11.9. The molecule has 6 heteroatoms. The summed E-state index contributed by atoms with van der Waals surface area (Å²) in [7, 11) is 3.46. The molecular formula is C14H14BrN3O2. The van der Waals surface area contributed by atoms with Gasteiger partial charge in [-0.2, -0.15) is 5.10 Å². The van der Waals surface area contributed by atoms with Crippen molar-refractivity contribution < 1.29 is 9.53 Å². The lowest BCUT2D eigenvalue weighted by Crippen LogP contribution is -2.24. The lowest BCUT2D eigenvalue weighted by Gasteiger charge is -2.24. The number of benzene rings is 1. The predicted octanol–water partition coefficient (Wildman–Crippen LogP) is 2.67. The maximum atomic E-state index is 11.9. The first-order valence-electron chi connectivity index (χ1n) is 6.25. The summed E-state index contributed by atoms with van der Waals surface area (Å²) in [5.41, 5.74) is 2.01. The number of rotatable bonds is 2. The van der Waals surface area contributed by atoms with Crippen molar-refractivity contribution in [3.63, 3.8) is 0 Å². The fraction of sp³-hybridized carbons (Fsp3) is 0.286. The number of ether oxygens (including phenoxy) is 1. The summed E-state index contributed by atoms with van der Waals surface area (Å²) >= 11 is 3.48. The van der Waals surface area contributed by atoms with Crippen molar-refractivity contribution in [3.8, 4) is 5.75 Å². The number of carbonyl (C=O) groups excluding carboxylic acids is 1. The third kappa shape index (κ3) is 2.10. The predicted molar refractivity (Wildman–Crippen MR) is 79.0 cm³/mol. The van der Waals surface area contributed by atoms with Crippen LogP contribution < -0.4 is 10.1 Å². The van der Waals surface area contributed by atoms with Gasteiger partial charge < -0.3 is 10.1 Å². The molecule has 0 radical (unpaired) electrons. The van der Waals surface area contributed by atoms with Crippen LogP contribution in [-0.4, -0.2) is 22.8 Å². The molecule has 1 N–H and O–H groups in total. The van der Waals surface area contributed by atoms with Crippen LogP contribution in [0.3, 0.4) is 0 Å². The van der Waals surface area contributed by atoms with E-state index in [4.69, 9.17) is 4.74 Å². The van der Waals surface area contributed by atoms with Crippen molar-refractivity contribution in [3.05, 3.63) is 40.0 Å². The van der Waals surface area contributed by atoms with E-state index in [9.17, 15) is 4.79 Å². The van der Waals surface area contributed by atoms with E-state index in [-0.39, 0.29) is 11.8 Å². The monoisotopic (exact) mass is 335 g/mol. The van der Waals surface area contributed by atoms with E-state index in [2.05, 4.69) is 26.3 Å². The summed E-state index contributed by atoms with van der Waals surface area (Å²) in [5.74, 6) is 1.49. The molecule has 0 saturated carbocycles. The second kappa shape index (κ2) is 4.94. The molecule has 1 aromatic heterocycles. The standard InChI is InChI=1S/C14H14BrN3O2/c1-18-14-11(7-16-18)9(6-13(19)17-14)10-5-8(15)3-4-12(10)20-2/h3-5,7,9H,6H2,1-2H3,(H,17,19)/t9-/m0/s1. The number of nitrogens with one attached hydrogen (secondary N) is 1. The van der Waals surface area contributed by atoms with Crippen molar-refractivity contribution in [1.82, 2.24) is 9.78 Å². The summed E-state index contributed by atoms with van der Waals surface area (Å²) in [6, 6.07) is 5.83. The van der Waals surface area contributed by atoms with Gasteiger partial charge >= 0.3 is 0 Å². The molecule has 1 amide bonds. The molecule has 1 atom stereocenters. The zero-order valence-corrected chi connectivity index (χ0v) is 12.8. The molecule has 104 valence electrons. The molecule has 0 unspecified atom stereocenters. The minimum absolute atomic E-state index is 0.00636. The van der Waals surface area contributed by atoms with Gasteiger partial charge in [0, 0.05) is 35.0 Å². The van der Waals surface area contributed by atoms with Crippen LogP contribution in [0.5, 0.6) is 5.75 Å². The number of methoxy groups -OCH3 is 1. The zero-order valence-electron chi connectivity index (χ0n) is 11.2. The molecule has 0 bridgehead atoms. The largest absolute Gasteiger partial charge is 0.496 e. The molecule has 5 nitrogen and oxygen atoms in total. The van der Waals surface area contributed by atoms with Crippen molar-refractivity contribution >= 4 is 27.7 Å². The normalized spacial score (nSPS) is 17.6. The average molecular weight is 336 g/mol. The van der Waals surface area contributed by atoms with Crippen LogP contribution in [0.15, 0.2) is 28.9 Å². The average Bonchev–Trinajstić information content (AvgIpc) is 2.79. The van der Waals surface area contributed by atoms with Crippen LogP contribution in [0.2, 0.25) is 0 Å². The van der Waals surface area contributed by atoms with Crippen LogP contribution in [-0.2, 0) is 11.8 Å². The molecule has 0 fully saturated rings. The highest BCUT2D eigenvalue weighted by molar-refractivity contribution is 9.10. The number of hydrogen-bond acceptors (Lipinski definition) is 3. The molecule has 0 spiro atoms. The van der Waals surface area contributed by atoms with Crippen LogP contribution in [0, 0.1) is 0 Å². The van der Waals surface area contributed by atoms with Crippen molar-refractivity contribution in [2.45, 2.75) is 12.3 Å². The Hall–Kier alpha value is -1.82. The van der Waals surface area contributed by atoms with E-state index in [0.29, 0.717) is 6.42 Å². The lowest BCUT2D eigenvalue weighted by atomic mass is 9.87. The topological polar surface area (TPSA) is 56.1 Å². The van der Waals surface area contributed by atoms with Gasteiger partial charge in [0.2, 0.25) is 5.91 Å². The Bertz CT molecular complexity index is 681. The second-order valence-electron chi connectivity index (χ2n) is 4.76. The third-order valence-corrected chi connectivity index (χ3v) is 4.05. The number of fused-ring (bicyclic) bond motifs is 1. The van der Waals surface area contributed by atoms with Gasteiger partial charge in [0.25, 0.3) is 0 Å². The van der Waals surface area contributed by atoms with Gasteiger partial charge in [0.05, 0.1) is 13.3 Å². The van der Waals surface area contributed by atoms with Crippen molar-refractivity contribution in [2.24, 2.45) is 7.05 Å². The Morgan fingerprint density at radius 3 is 3.00 bits per heavy atom. The Balaban J connectivity index is 2.15. The molecule has 1 aliphatic heterocycles. The summed E-state index contributed by atoms with van der Waals surface area (Å²) in [5, 5.41) is 7.10. The third-order valence-electron chi connectivity index (χ3n) is 3.56. The first-order valence-corrected chi connectivity index (χ1v) is 7.04. The number of anilines is 1. The minimum Gasteiger partial charge on any atom is -0.496 e. The van der Waals surface area contributed by atoms with Gasteiger partial charge in [-0.15, -0.1) is 0 Å². The fourth-order valence-corrected chi connectivity index (χ4v) is 2.97. The van der Waals surface area contributed by atoms with Crippen LogP contribution in [0.25, 0.3) is 0 Å². The number of halogens is 1. The quantitative estimate of drug-likeness (QED) is 0.917. The number of hydrogen-bond donors (Lipinski definition) is 1. The van der Waals surface area contributed by atoms with Gasteiger partial charge in [-0.25, -0.2) is 0 Å². The first kappa shape index (κ1) is 13.2. The van der Waals surface area contributed by atoms with E-state index in [0.717, 1.165) is 27.2 Å². The number of aromatic nitrogens is 2. The Labute approximate surface area is 125 Å². The summed E-state index contributed by atoms with van der Waals surface area (Å²) in [6.45, 7) is 0. The molecule has 1 aromatic carbocycles. The maximum absolute atomic E-state index is 11.9. The van der Waals surface area contributed by atoms with Crippen LogP contribution in [0.1, 0.15) is 23.5 Å². The van der Waals surface area contributed by atoms with E-state index >= 15 is 0 Å². The van der Waals surface area contributed by atoms with E-state index < -0.39 is 0 Å². The number of nitrogens with zero attached hydrogens (tertiary/aromatic N) is 2. The van der Waals surface area contributed by atoms with Crippen LogP contribution >= 0.6 is 15.9 Å². The fourth-order valence-electron chi connectivity index (χ4n) is 2.60. The smallest absolute Gasteiger partial charge is 0.226 e. The van der Waals surface area contributed by atoms with E-state index in [1.807, 2.05) is 25.2 Å². The van der Waals surface area contributed by atoms with Crippen LogP contribution in [0.4, 0.5) is 5.82 Å². The molecule has 2 aromatic rings. The number of amides is 1. The molecule has 0 saturated heterocycles. The Morgan fingerprint density at radius 2 is 2.25 bits per heavy atom. The van der Waals surface area contributed by atoms with Gasteiger partial charge in [0.15, 0.2) is 0 Å². The molecule has 20 heavy (non-hydrogen) atoms. The van der Waals surface area contributed by atoms with Gasteiger partial charge in [0.1, 0.15) is 11.6 Å². The first-order chi connectivity index (χ1) is 9.60. The second-order valence-corrected chi connectivity index (χ2v) is 5.68. The van der Waals surface area contributed by atoms with Crippen molar-refractivity contribution in [2.75, 3.05) is 12.4 Å². The highest BCUT2D eigenvalue weighted by Gasteiger charge is 2.31. The van der Waals surface area contributed by atoms with Gasteiger partial charge in [-0.05, 0) is 18.2 Å². The summed E-state index contributed by atoms with van der Waals surface area (Å²) in [6.07, 6.45) is 2.20. The lowest BCUT2D eigenvalue weighted by molar-refractivity contribution is -0.116. The summed E-state index contributed by atoms with van der Waals surface area (Å²) < 4.78 is 8.08. The molecule has 0 aliphatic carbocycles. The molecular weight excluding hydrogens is 322 g/mol. The minimum atomic E-state index is -0.0418. The highest BCUT2D eigenvalue weighted by atomic mass is 79.9. The zero-order chi connectivity index (χ0) is 14.3. The Morgan fingerprint density at radius 1 is 1.45 bits per heavy atom. The van der Waals surface area contributed by atoms with E-state index in [1.54, 1.807) is 18.0 Å². The van der Waals surface area contributed by atoms with Gasteiger partial charge in [-0.1, -0.05) is 15.9 Å². The Kier molecular flexibility index (Phi) is 3.25. The number of aryl methyl sites for hydroxylation is 1. The molecule has 1 aliphatic rings. The highest BCUT2D eigenvalue weighted by Crippen LogP contribution is 2.41. The SMILES string of the molecule is COc1ccc(Br)cc1[C@@H]1CC(=O)Nc2c1cnn2C. The van der Waals surface area contributed by atoms with Gasteiger partial charge in [-0.3, -0.25) is 9.48 Å². The molecule has 2 heterocycles. The van der Waals surface area contributed by atoms with Crippen molar-refractivity contribution in [1.29, 1.82) is 0 Å². The molecule has 3 rings (SSSR count). The maximum Gasteiger partial charge on any atom is 0.226 e. The van der Waals surface area contributed by atoms with E-state index in [1.165, 1.54) is 0 Å².